The number of esters is 1. The molecule has 2 aromatic carbocycles. The van der Waals surface area contributed by atoms with Crippen molar-refractivity contribution in [2.75, 3.05) is 7.11 Å². The van der Waals surface area contributed by atoms with Crippen LogP contribution in [-0.4, -0.2) is 29.7 Å². The molecule has 0 bridgehead atoms. The Morgan fingerprint density at radius 1 is 1.13 bits per heavy atom. The molecule has 6 nitrogen and oxygen atoms in total. The van der Waals surface area contributed by atoms with E-state index in [0.717, 1.165) is 27.7 Å². The number of hydrogen-bond acceptors (Lipinski definition) is 4. The first kappa shape index (κ1) is 22.7. The van der Waals surface area contributed by atoms with Crippen LogP contribution in [0.2, 0.25) is 5.02 Å². The highest BCUT2D eigenvalue weighted by atomic mass is 35.5. The van der Waals surface area contributed by atoms with E-state index in [4.69, 9.17) is 26.8 Å². The van der Waals surface area contributed by atoms with E-state index >= 15 is 0 Å². The number of ether oxygens (including phenoxy) is 2. The van der Waals surface area contributed by atoms with Crippen LogP contribution in [0.5, 0.6) is 5.75 Å². The summed E-state index contributed by atoms with van der Waals surface area (Å²) in [6.07, 6.45) is -0.749. The van der Waals surface area contributed by atoms with Crippen molar-refractivity contribution in [2.45, 2.75) is 40.3 Å². The molecule has 2 N–H and O–H groups in total. The molecule has 1 heterocycles. The summed E-state index contributed by atoms with van der Waals surface area (Å²) in [4.78, 5) is 23.7. The topological polar surface area (TPSA) is 83.6 Å². The fraction of sp³-hybridized carbons (Fsp3) is 0.333. The number of nitrogens with two attached hydrogens (primary N) is 1. The van der Waals surface area contributed by atoms with Gasteiger partial charge in [-0.05, 0) is 55.3 Å². The monoisotopic (exact) mass is 442 g/mol. The summed E-state index contributed by atoms with van der Waals surface area (Å²) in [7, 11) is 1.34. The van der Waals surface area contributed by atoms with Gasteiger partial charge in [0.05, 0.1) is 12.1 Å². The second-order valence-corrected chi connectivity index (χ2v) is 8.37. The summed E-state index contributed by atoms with van der Waals surface area (Å²) >= 11 is 6.35. The Morgan fingerprint density at radius 3 is 2.45 bits per heavy atom. The van der Waals surface area contributed by atoms with Crippen LogP contribution in [0.3, 0.4) is 0 Å². The van der Waals surface area contributed by atoms with E-state index in [1.54, 1.807) is 12.1 Å². The van der Waals surface area contributed by atoms with Crippen molar-refractivity contribution in [3.05, 3.63) is 63.8 Å². The van der Waals surface area contributed by atoms with E-state index < -0.39 is 18.0 Å². The highest BCUT2D eigenvalue weighted by Crippen LogP contribution is 2.31. The van der Waals surface area contributed by atoms with Crippen molar-refractivity contribution in [3.63, 3.8) is 0 Å². The van der Waals surface area contributed by atoms with Gasteiger partial charge in [-0.3, -0.25) is 4.79 Å². The van der Waals surface area contributed by atoms with Gasteiger partial charge in [-0.25, -0.2) is 4.79 Å². The Balaban J connectivity index is 1.98. The molecule has 0 radical (unpaired) electrons. The lowest BCUT2D eigenvalue weighted by Gasteiger charge is -2.21. The molecule has 7 heteroatoms. The Bertz CT molecular complexity index is 1150. The Labute approximate surface area is 186 Å². The number of nitrogens with zero attached hydrogens (tertiary/aromatic N) is 1. The predicted octanol–water partition coefficient (Wildman–Crippen LogP) is 4.64. The van der Waals surface area contributed by atoms with Gasteiger partial charge in [0.1, 0.15) is 5.75 Å². The first-order valence-electron chi connectivity index (χ1n) is 10.1. The average molecular weight is 443 g/mol. The number of carbonyl (C=O) groups is 2. The number of fused-ring (bicyclic) bond motifs is 1. The number of aryl methyl sites for hydroxylation is 1. The van der Waals surface area contributed by atoms with E-state index in [2.05, 4.69) is 4.57 Å². The predicted molar refractivity (Wildman–Crippen MR) is 122 cm³/mol. The lowest BCUT2D eigenvalue weighted by atomic mass is 10.1. The summed E-state index contributed by atoms with van der Waals surface area (Å²) in [6.45, 7) is 8.41. The maximum absolute atomic E-state index is 12.1. The Hall–Kier alpha value is -2.99. The number of hydrogen-bond donors (Lipinski definition) is 1. The molecule has 1 unspecified atom stereocenters. The lowest BCUT2D eigenvalue weighted by molar-refractivity contribution is -0.150. The van der Waals surface area contributed by atoms with Crippen LogP contribution >= 0.6 is 11.6 Å². The third-order valence-electron chi connectivity index (χ3n) is 5.55. The number of methoxy groups -OCH3 is 1. The van der Waals surface area contributed by atoms with Crippen molar-refractivity contribution >= 4 is 34.4 Å². The number of halogens is 1. The molecule has 1 amide bonds. The van der Waals surface area contributed by atoms with Crippen LogP contribution in [0.4, 0.5) is 0 Å². The molecule has 1 atom stereocenters. The quantitative estimate of drug-likeness (QED) is 0.540. The van der Waals surface area contributed by atoms with E-state index in [1.807, 2.05) is 52.0 Å². The zero-order valence-corrected chi connectivity index (χ0v) is 19.1. The molecule has 0 aliphatic rings. The second-order valence-electron chi connectivity index (χ2n) is 7.96. The smallest absolute Gasteiger partial charge is 0.347 e. The fourth-order valence-electron chi connectivity index (χ4n) is 3.64. The number of carbonyl (C=O) groups excluding carboxylic acids is 2. The SMILES string of the molecule is COC(=O)C(Oc1cc(Cn2c(C)c(C)c3cc(C(N)=O)ccc32)ccc1Cl)C(C)C. The minimum atomic E-state index is -0.749. The van der Waals surface area contributed by atoms with Gasteiger partial charge in [0.15, 0.2) is 6.10 Å². The largest absolute Gasteiger partial charge is 0.477 e. The summed E-state index contributed by atoms with van der Waals surface area (Å²) in [6, 6.07) is 11.0. The molecule has 164 valence electrons. The maximum Gasteiger partial charge on any atom is 0.347 e. The minimum Gasteiger partial charge on any atom is -0.477 e. The van der Waals surface area contributed by atoms with Gasteiger partial charge in [-0.15, -0.1) is 0 Å². The van der Waals surface area contributed by atoms with Gasteiger partial charge in [-0.1, -0.05) is 31.5 Å². The third kappa shape index (κ3) is 4.54. The van der Waals surface area contributed by atoms with Crippen molar-refractivity contribution < 1.29 is 19.1 Å². The summed E-state index contributed by atoms with van der Waals surface area (Å²) < 4.78 is 13.0. The number of amides is 1. The molecule has 0 fully saturated rings. The molecule has 0 aliphatic heterocycles. The molecule has 0 spiro atoms. The van der Waals surface area contributed by atoms with Crippen LogP contribution < -0.4 is 10.5 Å². The standard InChI is InChI=1S/C24H27ClN2O4/c1-13(2)22(24(29)30-5)31-21-10-16(6-8-19(21)25)12-27-15(4)14(3)18-11-17(23(26)28)7-9-20(18)27/h6-11,13,22H,12H2,1-5H3,(H2,26,28). The highest BCUT2D eigenvalue weighted by molar-refractivity contribution is 6.32. The molecule has 1 aromatic heterocycles. The van der Waals surface area contributed by atoms with Gasteiger partial charge >= 0.3 is 5.97 Å². The second kappa shape index (κ2) is 9.02. The van der Waals surface area contributed by atoms with Gasteiger partial charge in [0, 0.05) is 34.6 Å². The van der Waals surface area contributed by atoms with Crippen LogP contribution in [0.15, 0.2) is 36.4 Å². The normalized spacial score (nSPS) is 12.2. The first-order chi connectivity index (χ1) is 14.6. The minimum absolute atomic E-state index is 0.0788. The lowest BCUT2D eigenvalue weighted by Crippen LogP contribution is -2.33. The Kier molecular flexibility index (Phi) is 6.60. The van der Waals surface area contributed by atoms with Gasteiger partial charge < -0.3 is 19.8 Å². The molecule has 3 rings (SSSR count). The van der Waals surface area contributed by atoms with Crippen LogP contribution in [0.25, 0.3) is 10.9 Å². The molecule has 3 aromatic rings. The number of aromatic nitrogens is 1. The zero-order chi connectivity index (χ0) is 22.9. The van der Waals surface area contributed by atoms with E-state index in [0.29, 0.717) is 22.9 Å². The molecule has 0 saturated heterocycles. The number of primary amides is 1. The Morgan fingerprint density at radius 2 is 1.84 bits per heavy atom. The number of benzene rings is 2. The molecule has 31 heavy (non-hydrogen) atoms. The van der Waals surface area contributed by atoms with Gasteiger partial charge in [0.2, 0.25) is 5.91 Å². The summed E-state index contributed by atoms with van der Waals surface area (Å²) in [5, 5.41) is 1.42. The molecular formula is C24H27ClN2O4. The van der Waals surface area contributed by atoms with Gasteiger partial charge in [0.25, 0.3) is 0 Å². The molecule has 0 saturated carbocycles. The van der Waals surface area contributed by atoms with E-state index in [1.165, 1.54) is 7.11 Å². The summed E-state index contributed by atoms with van der Waals surface area (Å²) in [5.41, 5.74) is 10.1. The average Bonchev–Trinajstić information content (AvgIpc) is 2.97. The third-order valence-corrected chi connectivity index (χ3v) is 5.86. The van der Waals surface area contributed by atoms with E-state index in [-0.39, 0.29) is 5.92 Å². The van der Waals surface area contributed by atoms with Crippen LogP contribution in [0.1, 0.15) is 41.0 Å². The van der Waals surface area contributed by atoms with Crippen molar-refractivity contribution in [1.29, 1.82) is 0 Å². The van der Waals surface area contributed by atoms with Crippen molar-refractivity contribution in [2.24, 2.45) is 11.7 Å². The van der Waals surface area contributed by atoms with Crippen LogP contribution in [0, 0.1) is 19.8 Å². The number of rotatable bonds is 7. The van der Waals surface area contributed by atoms with E-state index in [9.17, 15) is 9.59 Å². The summed E-state index contributed by atoms with van der Waals surface area (Å²) in [5.74, 6) is -0.531. The van der Waals surface area contributed by atoms with Gasteiger partial charge in [-0.2, -0.15) is 0 Å². The van der Waals surface area contributed by atoms with Crippen molar-refractivity contribution in [3.8, 4) is 5.75 Å². The maximum atomic E-state index is 12.1. The van der Waals surface area contributed by atoms with Crippen molar-refractivity contribution in [1.82, 2.24) is 4.57 Å². The zero-order valence-electron chi connectivity index (χ0n) is 18.4. The molecule has 0 aliphatic carbocycles. The van der Waals surface area contributed by atoms with Crippen LogP contribution in [-0.2, 0) is 16.1 Å². The molecular weight excluding hydrogens is 416 g/mol. The highest BCUT2D eigenvalue weighted by Gasteiger charge is 2.26. The first-order valence-corrected chi connectivity index (χ1v) is 10.4. The fourth-order valence-corrected chi connectivity index (χ4v) is 3.80.